The summed E-state index contributed by atoms with van der Waals surface area (Å²) in [6.45, 7) is 5.07. The van der Waals surface area contributed by atoms with Gasteiger partial charge in [0.1, 0.15) is 5.82 Å². The van der Waals surface area contributed by atoms with Gasteiger partial charge in [-0.2, -0.15) is 0 Å². The maximum absolute atomic E-state index is 13.0. The summed E-state index contributed by atoms with van der Waals surface area (Å²) >= 11 is 0. The van der Waals surface area contributed by atoms with E-state index in [1.807, 2.05) is 24.3 Å². The second-order valence-electron chi connectivity index (χ2n) is 6.72. The Labute approximate surface area is 135 Å². The van der Waals surface area contributed by atoms with Gasteiger partial charge in [-0.25, -0.2) is 4.39 Å². The molecule has 23 heavy (non-hydrogen) atoms. The van der Waals surface area contributed by atoms with Gasteiger partial charge in [0.25, 0.3) is 5.91 Å². The maximum atomic E-state index is 13.0. The van der Waals surface area contributed by atoms with Gasteiger partial charge < -0.3 is 10.6 Å². The first-order valence-corrected chi connectivity index (χ1v) is 7.85. The fourth-order valence-electron chi connectivity index (χ4n) is 2.99. The number of carbonyl (C=O) groups excluding carboxylic acids is 1. The molecule has 0 radical (unpaired) electrons. The van der Waals surface area contributed by atoms with Gasteiger partial charge in [-0.3, -0.25) is 4.79 Å². The predicted octanol–water partition coefficient (Wildman–Crippen LogP) is 3.36. The highest BCUT2D eigenvalue weighted by Crippen LogP contribution is 2.21. The van der Waals surface area contributed by atoms with Crippen molar-refractivity contribution in [3.8, 4) is 11.1 Å². The van der Waals surface area contributed by atoms with Crippen LogP contribution < -0.4 is 10.6 Å². The lowest BCUT2D eigenvalue weighted by Crippen LogP contribution is -2.36. The van der Waals surface area contributed by atoms with E-state index in [4.69, 9.17) is 0 Å². The lowest BCUT2D eigenvalue weighted by atomic mass is 10.0. The summed E-state index contributed by atoms with van der Waals surface area (Å²) in [6, 6.07) is 13.9. The zero-order valence-corrected chi connectivity index (χ0v) is 13.4. The summed E-state index contributed by atoms with van der Waals surface area (Å²) in [6.07, 6.45) is 0.923. The van der Waals surface area contributed by atoms with Crippen molar-refractivity contribution in [2.45, 2.75) is 31.8 Å². The molecule has 2 aromatic carbocycles. The molecule has 2 N–H and O–H groups in total. The van der Waals surface area contributed by atoms with E-state index in [1.165, 1.54) is 12.1 Å². The van der Waals surface area contributed by atoms with Crippen LogP contribution in [0, 0.1) is 5.82 Å². The highest BCUT2D eigenvalue weighted by atomic mass is 19.1. The molecule has 0 aromatic heterocycles. The molecular formula is C19H21FN2O. The van der Waals surface area contributed by atoms with E-state index in [0.717, 1.165) is 24.1 Å². The van der Waals surface area contributed by atoms with Crippen molar-refractivity contribution in [1.82, 2.24) is 10.6 Å². The van der Waals surface area contributed by atoms with Crippen molar-refractivity contribution >= 4 is 5.91 Å². The Kier molecular flexibility index (Phi) is 4.18. The molecule has 0 spiro atoms. The molecule has 1 saturated heterocycles. The van der Waals surface area contributed by atoms with E-state index in [9.17, 15) is 9.18 Å². The van der Waals surface area contributed by atoms with E-state index < -0.39 is 0 Å². The Morgan fingerprint density at radius 1 is 1.09 bits per heavy atom. The minimum absolute atomic E-state index is 0.0554. The number of halogens is 1. The number of carbonyl (C=O) groups is 1. The molecule has 3 nitrogen and oxygen atoms in total. The number of hydrogen-bond donors (Lipinski definition) is 2. The molecule has 1 aliphatic heterocycles. The van der Waals surface area contributed by atoms with Crippen LogP contribution in [0.5, 0.6) is 0 Å². The average Bonchev–Trinajstić information content (AvgIpc) is 2.87. The van der Waals surface area contributed by atoms with Gasteiger partial charge in [-0.15, -0.1) is 0 Å². The number of nitrogens with one attached hydrogen (secondary N) is 2. The SMILES string of the molecule is CC1(C)CC(NC(=O)c2ccc(-c3ccc(F)cc3)cc2)CN1. The zero-order chi connectivity index (χ0) is 16.4. The Morgan fingerprint density at radius 2 is 1.65 bits per heavy atom. The topological polar surface area (TPSA) is 41.1 Å². The second-order valence-corrected chi connectivity index (χ2v) is 6.72. The molecule has 0 aliphatic carbocycles. The van der Waals surface area contributed by atoms with Crippen LogP contribution in [-0.2, 0) is 0 Å². The minimum Gasteiger partial charge on any atom is -0.348 e. The fourth-order valence-corrected chi connectivity index (χ4v) is 2.99. The number of rotatable bonds is 3. The van der Waals surface area contributed by atoms with E-state index in [-0.39, 0.29) is 23.3 Å². The Morgan fingerprint density at radius 3 is 2.17 bits per heavy atom. The first-order chi connectivity index (χ1) is 10.9. The molecule has 1 amide bonds. The van der Waals surface area contributed by atoms with E-state index in [1.54, 1.807) is 12.1 Å². The second kappa shape index (κ2) is 6.13. The Hall–Kier alpha value is -2.20. The van der Waals surface area contributed by atoms with Crippen molar-refractivity contribution in [3.63, 3.8) is 0 Å². The van der Waals surface area contributed by atoms with Crippen LogP contribution >= 0.6 is 0 Å². The van der Waals surface area contributed by atoms with Crippen molar-refractivity contribution in [2.75, 3.05) is 6.54 Å². The summed E-state index contributed by atoms with van der Waals surface area (Å²) < 4.78 is 13.0. The van der Waals surface area contributed by atoms with Crippen LogP contribution in [0.15, 0.2) is 48.5 Å². The smallest absolute Gasteiger partial charge is 0.251 e. The fraction of sp³-hybridized carbons (Fsp3) is 0.316. The summed E-state index contributed by atoms with van der Waals surface area (Å²) in [5.41, 5.74) is 2.61. The highest BCUT2D eigenvalue weighted by Gasteiger charge is 2.31. The van der Waals surface area contributed by atoms with Crippen LogP contribution in [-0.4, -0.2) is 24.0 Å². The van der Waals surface area contributed by atoms with Gasteiger partial charge in [0.2, 0.25) is 0 Å². The van der Waals surface area contributed by atoms with Gasteiger partial charge in [-0.1, -0.05) is 24.3 Å². The largest absolute Gasteiger partial charge is 0.348 e. The standard InChI is InChI=1S/C19H21FN2O/c1-19(2)11-17(12-21-19)22-18(23)15-5-3-13(4-6-15)14-7-9-16(20)10-8-14/h3-10,17,21H,11-12H2,1-2H3,(H,22,23). The van der Waals surface area contributed by atoms with Crippen LogP contribution in [0.4, 0.5) is 4.39 Å². The maximum Gasteiger partial charge on any atom is 0.251 e. The van der Waals surface area contributed by atoms with E-state index in [0.29, 0.717) is 5.56 Å². The number of amides is 1. The average molecular weight is 312 g/mol. The molecule has 120 valence electrons. The quantitative estimate of drug-likeness (QED) is 0.912. The molecule has 3 rings (SSSR count). The van der Waals surface area contributed by atoms with E-state index >= 15 is 0 Å². The lowest BCUT2D eigenvalue weighted by Gasteiger charge is -2.17. The van der Waals surface area contributed by atoms with Crippen LogP contribution in [0.3, 0.4) is 0 Å². The predicted molar refractivity (Wildman–Crippen MR) is 89.8 cm³/mol. The monoisotopic (exact) mass is 312 g/mol. The molecule has 1 aliphatic rings. The molecule has 0 bridgehead atoms. The zero-order valence-electron chi connectivity index (χ0n) is 13.4. The normalized spacial score (nSPS) is 19.5. The molecule has 1 heterocycles. The molecule has 0 saturated carbocycles. The van der Waals surface area contributed by atoms with Crippen LogP contribution in [0.25, 0.3) is 11.1 Å². The summed E-state index contributed by atoms with van der Waals surface area (Å²) in [5.74, 6) is -0.307. The van der Waals surface area contributed by atoms with Gasteiger partial charge in [-0.05, 0) is 55.7 Å². The molecule has 1 fully saturated rings. The summed E-state index contributed by atoms with van der Waals surface area (Å²) in [5, 5.41) is 6.46. The number of hydrogen-bond acceptors (Lipinski definition) is 2. The van der Waals surface area contributed by atoms with Crippen molar-refractivity contribution < 1.29 is 9.18 Å². The van der Waals surface area contributed by atoms with Gasteiger partial charge in [0.05, 0.1) is 0 Å². The summed E-state index contributed by atoms with van der Waals surface area (Å²) in [7, 11) is 0. The van der Waals surface area contributed by atoms with Crippen LogP contribution in [0.2, 0.25) is 0 Å². The molecular weight excluding hydrogens is 291 g/mol. The molecule has 2 aromatic rings. The third kappa shape index (κ3) is 3.77. The third-order valence-corrected chi connectivity index (χ3v) is 4.24. The van der Waals surface area contributed by atoms with Gasteiger partial charge >= 0.3 is 0 Å². The van der Waals surface area contributed by atoms with E-state index in [2.05, 4.69) is 24.5 Å². The van der Waals surface area contributed by atoms with Crippen LogP contribution in [0.1, 0.15) is 30.6 Å². The summed E-state index contributed by atoms with van der Waals surface area (Å²) in [4.78, 5) is 12.3. The lowest BCUT2D eigenvalue weighted by molar-refractivity contribution is 0.0939. The van der Waals surface area contributed by atoms with Crippen molar-refractivity contribution in [3.05, 3.63) is 59.9 Å². The Balaban J connectivity index is 1.67. The number of benzene rings is 2. The Bertz CT molecular complexity index is 692. The first-order valence-electron chi connectivity index (χ1n) is 7.85. The molecule has 1 unspecified atom stereocenters. The molecule has 1 atom stereocenters. The van der Waals surface area contributed by atoms with Gasteiger partial charge in [0, 0.05) is 23.7 Å². The highest BCUT2D eigenvalue weighted by molar-refractivity contribution is 5.94. The van der Waals surface area contributed by atoms with Crippen molar-refractivity contribution in [1.29, 1.82) is 0 Å². The van der Waals surface area contributed by atoms with Gasteiger partial charge in [0.15, 0.2) is 0 Å². The third-order valence-electron chi connectivity index (χ3n) is 4.24. The van der Waals surface area contributed by atoms with Crippen molar-refractivity contribution in [2.24, 2.45) is 0 Å². The minimum atomic E-state index is -0.252. The molecule has 4 heteroatoms. The first kappa shape index (κ1) is 15.7.